The van der Waals surface area contributed by atoms with Crippen LogP contribution < -0.4 is 0 Å². The minimum absolute atomic E-state index is 0.407. The zero-order valence-electron chi connectivity index (χ0n) is 9.08. The van der Waals surface area contributed by atoms with Gasteiger partial charge >= 0.3 is 0 Å². The second kappa shape index (κ2) is 4.06. The lowest BCUT2D eigenvalue weighted by molar-refractivity contribution is -0.230. The van der Waals surface area contributed by atoms with Crippen LogP contribution in [0.3, 0.4) is 0 Å². The Balaban J connectivity index is 2.90. The molecule has 1 heterocycles. The van der Waals surface area contributed by atoms with Crippen LogP contribution in [0.15, 0.2) is 0 Å². The summed E-state index contributed by atoms with van der Waals surface area (Å²) in [6.45, 7) is 5.50. The molecular formula is C10H17NO4. The van der Waals surface area contributed by atoms with Crippen LogP contribution in [0.25, 0.3) is 0 Å². The van der Waals surface area contributed by atoms with Crippen molar-refractivity contribution in [1.29, 1.82) is 5.26 Å². The standard InChI is InChI=1S/C10H17NO4/c1-10(2,3)9-8(14)7(13)6(12)5(4-11)15-9/h5-9,12-14H,1-3H3. The maximum atomic E-state index is 9.71. The van der Waals surface area contributed by atoms with E-state index < -0.39 is 35.9 Å². The largest absolute Gasteiger partial charge is 0.388 e. The third-order valence-electron chi connectivity index (χ3n) is 2.59. The van der Waals surface area contributed by atoms with Crippen molar-refractivity contribution in [3.05, 3.63) is 0 Å². The van der Waals surface area contributed by atoms with E-state index >= 15 is 0 Å². The van der Waals surface area contributed by atoms with Gasteiger partial charge in [0.25, 0.3) is 0 Å². The molecule has 5 heteroatoms. The van der Waals surface area contributed by atoms with E-state index in [-0.39, 0.29) is 0 Å². The summed E-state index contributed by atoms with van der Waals surface area (Å²) in [5.41, 5.74) is -0.407. The highest BCUT2D eigenvalue weighted by atomic mass is 16.5. The van der Waals surface area contributed by atoms with Crippen LogP contribution in [0.2, 0.25) is 0 Å². The highest BCUT2D eigenvalue weighted by Crippen LogP contribution is 2.32. The molecule has 0 aromatic rings. The fraction of sp³-hybridized carbons (Fsp3) is 0.900. The van der Waals surface area contributed by atoms with Crippen LogP contribution in [-0.2, 0) is 4.74 Å². The Bertz CT molecular complexity index is 268. The number of nitrogens with zero attached hydrogens (tertiary/aromatic N) is 1. The molecule has 0 aromatic heterocycles. The van der Waals surface area contributed by atoms with E-state index in [1.807, 2.05) is 20.8 Å². The van der Waals surface area contributed by atoms with Gasteiger partial charge in [0.1, 0.15) is 18.3 Å². The van der Waals surface area contributed by atoms with Crippen molar-refractivity contribution in [3.8, 4) is 6.07 Å². The number of aliphatic hydroxyl groups is 3. The monoisotopic (exact) mass is 215 g/mol. The first-order chi connectivity index (χ1) is 6.79. The van der Waals surface area contributed by atoms with Gasteiger partial charge in [0.15, 0.2) is 6.10 Å². The molecule has 0 aliphatic carbocycles. The summed E-state index contributed by atoms with van der Waals surface area (Å²) in [6, 6.07) is 1.76. The fourth-order valence-electron chi connectivity index (χ4n) is 1.70. The second-order valence-corrected chi connectivity index (χ2v) is 4.94. The average Bonchev–Trinajstić information content (AvgIpc) is 2.13. The van der Waals surface area contributed by atoms with Gasteiger partial charge in [-0.1, -0.05) is 20.8 Å². The SMILES string of the molecule is CC(C)(C)C1OC(C#N)C(O)C(O)C1O. The Labute approximate surface area is 88.9 Å². The molecule has 0 aromatic carbocycles. The van der Waals surface area contributed by atoms with E-state index in [0.29, 0.717) is 0 Å². The quantitative estimate of drug-likeness (QED) is 0.502. The molecule has 0 saturated carbocycles. The summed E-state index contributed by atoms with van der Waals surface area (Å²) in [5, 5.41) is 37.4. The van der Waals surface area contributed by atoms with Gasteiger partial charge in [-0.3, -0.25) is 0 Å². The third-order valence-corrected chi connectivity index (χ3v) is 2.59. The molecule has 15 heavy (non-hydrogen) atoms. The summed E-state index contributed by atoms with van der Waals surface area (Å²) in [5.74, 6) is 0. The van der Waals surface area contributed by atoms with E-state index in [1.54, 1.807) is 6.07 Å². The smallest absolute Gasteiger partial charge is 0.172 e. The second-order valence-electron chi connectivity index (χ2n) is 4.94. The lowest BCUT2D eigenvalue weighted by Crippen LogP contribution is -2.60. The van der Waals surface area contributed by atoms with Crippen molar-refractivity contribution < 1.29 is 20.1 Å². The maximum absolute atomic E-state index is 9.71. The van der Waals surface area contributed by atoms with E-state index in [1.165, 1.54) is 0 Å². The molecule has 5 atom stereocenters. The molecule has 1 fully saturated rings. The molecule has 0 spiro atoms. The Kier molecular flexibility index (Phi) is 3.36. The maximum Gasteiger partial charge on any atom is 0.172 e. The zero-order chi connectivity index (χ0) is 11.8. The van der Waals surface area contributed by atoms with Crippen molar-refractivity contribution in [2.24, 2.45) is 5.41 Å². The van der Waals surface area contributed by atoms with Gasteiger partial charge < -0.3 is 20.1 Å². The lowest BCUT2D eigenvalue weighted by atomic mass is 9.80. The summed E-state index contributed by atoms with van der Waals surface area (Å²) in [6.07, 6.45) is -5.63. The van der Waals surface area contributed by atoms with Crippen LogP contribution in [0.4, 0.5) is 0 Å². The van der Waals surface area contributed by atoms with Gasteiger partial charge in [-0.05, 0) is 5.41 Å². The van der Waals surface area contributed by atoms with Crippen LogP contribution >= 0.6 is 0 Å². The molecular weight excluding hydrogens is 198 g/mol. The average molecular weight is 215 g/mol. The Morgan fingerprint density at radius 3 is 2.00 bits per heavy atom. The van der Waals surface area contributed by atoms with Gasteiger partial charge in [-0.15, -0.1) is 0 Å². The fourth-order valence-corrected chi connectivity index (χ4v) is 1.70. The topological polar surface area (TPSA) is 93.7 Å². The highest BCUT2D eigenvalue weighted by molar-refractivity contribution is 5.03. The van der Waals surface area contributed by atoms with E-state index in [9.17, 15) is 15.3 Å². The van der Waals surface area contributed by atoms with Crippen molar-refractivity contribution >= 4 is 0 Å². The van der Waals surface area contributed by atoms with Gasteiger partial charge in [-0.2, -0.15) is 5.26 Å². The van der Waals surface area contributed by atoms with Crippen LogP contribution in [0, 0.1) is 16.7 Å². The molecule has 1 saturated heterocycles. The first kappa shape index (κ1) is 12.4. The Hall–Kier alpha value is -0.670. The summed E-state index contributed by atoms with van der Waals surface area (Å²) in [7, 11) is 0. The van der Waals surface area contributed by atoms with Crippen molar-refractivity contribution in [1.82, 2.24) is 0 Å². The van der Waals surface area contributed by atoms with Crippen molar-refractivity contribution in [3.63, 3.8) is 0 Å². The first-order valence-electron chi connectivity index (χ1n) is 4.88. The van der Waals surface area contributed by atoms with Gasteiger partial charge in [-0.25, -0.2) is 0 Å². The van der Waals surface area contributed by atoms with Crippen molar-refractivity contribution in [2.75, 3.05) is 0 Å². The molecule has 1 rings (SSSR count). The molecule has 86 valence electrons. The van der Waals surface area contributed by atoms with E-state index in [4.69, 9.17) is 10.00 Å². The van der Waals surface area contributed by atoms with Crippen LogP contribution in [0.1, 0.15) is 20.8 Å². The van der Waals surface area contributed by atoms with Gasteiger partial charge in [0.05, 0.1) is 12.2 Å². The van der Waals surface area contributed by atoms with E-state index in [0.717, 1.165) is 0 Å². The minimum atomic E-state index is -1.36. The Morgan fingerprint density at radius 2 is 1.60 bits per heavy atom. The normalized spacial score (nSPS) is 42.3. The molecule has 5 unspecified atom stereocenters. The van der Waals surface area contributed by atoms with Crippen LogP contribution in [0.5, 0.6) is 0 Å². The Morgan fingerprint density at radius 1 is 1.07 bits per heavy atom. The molecule has 0 bridgehead atoms. The van der Waals surface area contributed by atoms with Gasteiger partial charge in [0, 0.05) is 0 Å². The number of hydrogen-bond donors (Lipinski definition) is 3. The van der Waals surface area contributed by atoms with Crippen molar-refractivity contribution in [2.45, 2.75) is 51.3 Å². The summed E-state index contributed by atoms with van der Waals surface area (Å²) >= 11 is 0. The number of aliphatic hydroxyl groups excluding tert-OH is 3. The zero-order valence-corrected chi connectivity index (χ0v) is 9.08. The summed E-state index contributed by atoms with van der Waals surface area (Å²) < 4.78 is 5.27. The molecule has 0 radical (unpaired) electrons. The molecule has 1 aliphatic rings. The van der Waals surface area contributed by atoms with Crippen LogP contribution in [-0.4, -0.2) is 45.8 Å². The molecule has 1 aliphatic heterocycles. The molecule has 3 N–H and O–H groups in total. The number of rotatable bonds is 0. The molecule has 0 amide bonds. The van der Waals surface area contributed by atoms with Gasteiger partial charge in [0.2, 0.25) is 0 Å². The highest BCUT2D eigenvalue weighted by Gasteiger charge is 2.47. The third kappa shape index (κ3) is 2.29. The summed E-state index contributed by atoms with van der Waals surface area (Å²) in [4.78, 5) is 0. The predicted molar refractivity (Wildman–Crippen MR) is 51.7 cm³/mol. The lowest BCUT2D eigenvalue weighted by Gasteiger charge is -2.43. The van der Waals surface area contributed by atoms with E-state index in [2.05, 4.69) is 0 Å². The number of hydrogen-bond acceptors (Lipinski definition) is 5. The number of ether oxygens (including phenoxy) is 1. The number of nitriles is 1. The predicted octanol–water partition coefficient (Wildman–Crippen LogP) is -0.594. The first-order valence-corrected chi connectivity index (χ1v) is 4.88. The minimum Gasteiger partial charge on any atom is -0.388 e. The molecule has 5 nitrogen and oxygen atoms in total.